The maximum Gasteiger partial charge on any atom is 0.326 e. The first-order valence-corrected chi connectivity index (χ1v) is 11.5. The molecule has 1 rings (SSSR count). The molecule has 0 saturated carbocycles. The molecule has 1 aromatic rings. The molecule has 0 saturated heterocycles. The van der Waals surface area contributed by atoms with E-state index in [1.165, 1.54) is 12.1 Å². The lowest BCUT2D eigenvalue weighted by molar-refractivity contribution is -0.143. The van der Waals surface area contributed by atoms with E-state index in [-0.39, 0.29) is 37.5 Å². The number of aliphatic hydroxyl groups is 1. The van der Waals surface area contributed by atoms with E-state index in [1.54, 1.807) is 12.1 Å². The number of carboxylic acid groups (broad SMARTS) is 1. The van der Waals surface area contributed by atoms with Crippen LogP contribution in [0, 0.1) is 0 Å². The molecular formula is C22H34N8O8. The van der Waals surface area contributed by atoms with Crippen LogP contribution in [-0.4, -0.2) is 88.2 Å². The van der Waals surface area contributed by atoms with Crippen molar-refractivity contribution in [2.75, 3.05) is 13.2 Å². The molecule has 0 fully saturated rings. The number of hydrogen-bond donors (Lipinski definition) is 10. The lowest BCUT2D eigenvalue weighted by Gasteiger charge is -2.24. The molecule has 38 heavy (non-hydrogen) atoms. The largest absolute Gasteiger partial charge is 0.508 e. The lowest BCUT2D eigenvalue weighted by Crippen LogP contribution is -2.58. The van der Waals surface area contributed by atoms with Crippen LogP contribution >= 0.6 is 0 Å². The van der Waals surface area contributed by atoms with E-state index in [1.807, 2.05) is 0 Å². The molecule has 0 aliphatic carbocycles. The number of amides is 4. The van der Waals surface area contributed by atoms with Crippen molar-refractivity contribution in [2.45, 2.75) is 49.9 Å². The number of phenolic OH excluding ortho intramolecular Hbond substituents is 1. The Morgan fingerprint density at radius 2 is 1.42 bits per heavy atom. The number of hydrogen-bond acceptors (Lipinski definition) is 9. The highest BCUT2D eigenvalue weighted by molar-refractivity contribution is 5.96. The van der Waals surface area contributed by atoms with Gasteiger partial charge >= 0.3 is 5.97 Å². The third-order valence-corrected chi connectivity index (χ3v) is 5.14. The number of carboxylic acids is 1. The number of aliphatic imine (C=N–C) groups is 1. The van der Waals surface area contributed by atoms with Crippen LogP contribution in [0.5, 0.6) is 5.75 Å². The van der Waals surface area contributed by atoms with E-state index in [0.717, 1.165) is 0 Å². The number of benzene rings is 1. The molecule has 4 unspecified atom stereocenters. The quantitative estimate of drug-likeness (QED) is 0.0545. The average Bonchev–Trinajstić information content (AvgIpc) is 2.84. The molecule has 210 valence electrons. The summed E-state index contributed by atoms with van der Waals surface area (Å²) in [7, 11) is 0. The van der Waals surface area contributed by atoms with Crippen molar-refractivity contribution in [3.8, 4) is 5.75 Å². The van der Waals surface area contributed by atoms with Gasteiger partial charge in [-0.3, -0.25) is 24.2 Å². The molecule has 0 aliphatic heterocycles. The molecule has 0 aromatic heterocycles. The predicted molar refractivity (Wildman–Crippen MR) is 134 cm³/mol. The fourth-order valence-electron chi connectivity index (χ4n) is 3.17. The normalized spacial score (nSPS) is 13.7. The molecule has 0 bridgehead atoms. The Balaban J connectivity index is 2.82. The second kappa shape index (κ2) is 15.6. The fourth-order valence-corrected chi connectivity index (χ4v) is 3.17. The van der Waals surface area contributed by atoms with Gasteiger partial charge in [0.15, 0.2) is 5.96 Å². The summed E-state index contributed by atoms with van der Waals surface area (Å²) in [6.45, 7) is -0.805. The summed E-state index contributed by atoms with van der Waals surface area (Å²) < 4.78 is 0. The number of rotatable bonds is 16. The Morgan fingerprint density at radius 1 is 0.868 bits per heavy atom. The third-order valence-electron chi connectivity index (χ3n) is 5.14. The molecule has 16 heteroatoms. The number of nitrogens with two attached hydrogens (primary N) is 4. The second-order valence-corrected chi connectivity index (χ2v) is 8.30. The van der Waals surface area contributed by atoms with Gasteiger partial charge in [0.1, 0.15) is 23.9 Å². The van der Waals surface area contributed by atoms with Gasteiger partial charge in [-0.05, 0) is 37.0 Å². The van der Waals surface area contributed by atoms with Gasteiger partial charge in [-0.2, -0.15) is 0 Å². The molecule has 14 N–H and O–H groups in total. The summed E-state index contributed by atoms with van der Waals surface area (Å²) in [4.78, 5) is 64.5. The van der Waals surface area contributed by atoms with Crippen LogP contribution in [0.15, 0.2) is 29.3 Å². The highest BCUT2D eigenvalue weighted by atomic mass is 16.4. The SMILES string of the molecule is NC(=O)CC(NC(=O)C(N)Cc1ccc(O)cc1)C(=O)NC(CO)C(=O)NC(CCCN=C(N)N)C(=O)O. The van der Waals surface area contributed by atoms with Gasteiger partial charge in [-0.25, -0.2) is 4.79 Å². The first-order chi connectivity index (χ1) is 17.8. The zero-order valence-electron chi connectivity index (χ0n) is 20.5. The highest BCUT2D eigenvalue weighted by Crippen LogP contribution is 2.11. The summed E-state index contributed by atoms with van der Waals surface area (Å²) >= 11 is 0. The number of aliphatic hydroxyl groups excluding tert-OH is 1. The van der Waals surface area contributed by atoms with Crippen LogP contribution in [0.1, 0.15) is 24.8 Å². The minimum atomic E-state index is -1.61. The van der Waals surface area contributed by atoms with Gasteiger partial charge in [-0.1, -0.05) is 12.1 Å². The van der Waals surface area contributed by atoms with Crippen LogP contribution in [0.3, 0.4) is 0 Å². The van der Waals surface area contributed by atoms with Crippen molar-refractivity contribution in [2.24, 2.45) is 27.9 Å². The van der Waals surface area contributed by atoms with Crippen LogP contribution in [0.2, 0.25) is 0 Å². The average molecular weight is 539 g/mol. The van der Waals surface area contributed by atoms with Crippen molar-refractivity contribution in [3.63, 3.8) is 0 Å². The molecule has 0 spiro atoms. The Bertz CT molecular complexity index is 1010. The number of carbonyl (C=O) groups is 5. The number of primary amides is 1. The third kappa shape index (κ3) is 11.5. The first-order valence-electron chi connectivity index (χ1n) is 11.5. The Morgan fingerprint density at radius 3 is 1.95 bits per heavy atom. The van der Waals surface area contributed by atoms with Gasteiger partial charge in [-0.15, -0.1) is 0 Å². The number of carbonyl (C=O) groups excluding carboxylic acids is 4. The zero-order valence-corrected chi connectivity index (χ0v) is 20.5. The number of guanidine groups is 1. The van der Waals surface area contributed by atoms with Crippen LogP contribution in [-0.2, 0) is 30.4 Å². The van der Waals surface area contributed by atoms with E-state index in [9.17, 15) is 39.3 Å². The van der Waals surface area contributed by atoms with Crippen molar-refractivity contribution in [3.05, 3.63) is 29.8 Å². The monoisotopic (exact) mass is 538 g/mol. The molecule has 4 amide bonds. The van der Waals surface area contributed by atoms with Gasteiger partial charge in [0, 0.05) is 6.54 Å². The van der Waals surface area contributed by atoms with Crippen LogP contribution in [0.4, 0.5) is 0 Å². The van der Waals surface area contributed by atoms with Gasteiger partial charge in [0.05, 0.1) is 19.1 Å². The predicted octanol–water partition coefficient (Wildman–Crippen LogP) is -4.28. The summed E-state index contributed by atoms with van der Waals surface area (Å²) in [6, 6.07) is 0.238. The maximum absolute atomic E-state index is 12.8. The number of aliphatic carboxylic acids is 1. The smallest absolute Gasteiger partial charge is 0.326 e. The molecule has 0 aliphatic rings. The van der Waals surface area contributed by atoms with Crippen molar-refractivity contribution >= 4 is 35.6 Å². The number of aromatic hydroxyl groups is 1. The second-order valence-electron chi connectivity index (χ2n) is 8.30. The Hall–Kier alpha value is -4.44. The van der Waals surface area contributed by atoms with Crippen molar-refractivity contribution in [1.82, 2.24) is 16.0 Å². The van der Waals surface area contributed by atoms with Gasteiger partial charge in [0.2, 0.25) is 23.6 Å². The van der Waals surface area contributed by atoms with E-state index in [4.69, 9.17) is 22.9 Å². The summed E-state index contributed by atoms with van der Waals surface area (Å²) in [6.07, 6.45) is -0.449. The van der Waals surface area contributed by atoms with Crippen LogP contribution in [0.25, 0.3) is 0 Å². The summed E-state index contributed by atoms with van der Waals surface area (Å²) in [5, 5.41) is 34.9. The number of phenols is 1. The molecule has 0 heterocycles. The minimum absolute atomic E-state index is 0.0214. The number of nitrogens with zero attached hydrogens (tertiary/aromatic N) is 1. The molecule has 0 radical (unpaired) electrons. The molecule has 16 nitrogen and oxygen atoms in total. The van der Waals surface area contributed by atoms with Gasteiger partial charge < -0.3 is 54.2 Å². The van der Waals surface area contributed by atoms with Gasteiger partial charge in [0.25, 0.3) is 0 Å². The van der Waals surface area contributed by atoms with E-state index >= 15 is 0 Å². The maximum atomic E-state index is 12.8. The highest BCUT2D eigenvalue weighted by Gasteiger charge is 2.30. The summed E-state index contributed by atoms with van der Waals surface area (Å²) in [5.41, 5.74) is 22.1. The minimum Gasteiger partial charge on any atom is -0.508 e. The van der Waals surface area contributed by atoms with E-state index < -0.39 is 66.8 Å². The van der Waals surface area contributed by atoms with E-state index in [0.29, 0.717) is 5.56 Å². The lowest BCUT2D eigenvalue weighted by atomic mass is 10.0. The Kier molecular flexibility index (Phi) is 13.0. The standard InChI is InChI=1S/C22H34N8O8/c23-13(8-11-3-5-12(32)6-4-11)18(34)29-15(9-17(24)33)19(35)30-16(10-31)20(36)28-14(21(37)38)2-1-7-27-22(25)26/h3-6,13-16,31-32H,1-2,7-10,23H2,(H2,24,33)(H,28,36)(H,29,34)(H,30,35)(H,37,38)(H4,25,26,27). The molecule has 1 aromatic carbocycles. The molecule has 4 atom stereocenters. The van der Waals surface area contributed by atoms with Crippen LogP contribution < -0.4 is 38.9 Å². The number of nitrogens with one attached hydrogen (secondary N) is 3. The summed E-state index contributed by atoms with van der Waals surface area (Å²) in [5.74, 6) is -5.35. The first kappa shape index (κ1) is 31.6. The molecular weight excluding hydrogens is 504 g/mol. The fraction of sp³-hybridized carbons (Fsp3) is 0.455. The topological polar surface area (TPSA) is 299 Å². The Labute approximate surface area is 217 Å². The van der Waals surface area contributed by atoms with Crippen molar-refractivity contribution in [1.29, 1.82) is 0 Å². The van der Waals surface area contributed by atoms with Crippen molar-refractivity contribution < 1.29 is 39.3 Å². The van der Waals surface area contributed by atoms with E-state index in [2.05, 4.69) is 20.9 Å². The zero-order chi connectivity index (χ0) is 28.8.